The van der Waals surface area contributed by atoms with Gasteiger partial charge in [-0.05, 0) is 31.2 Å². The molecule has 0 unspecified atom stereocenters. The van der Waals surface area contributed by atoms with Gasteiger partial charge in [0, 0.05) is 4.88 Å². The van der Waals surface area contributed by atoms with E-state index in [1.165, 1.54) is 17.7 Å². The second kappa shape index (κ2) is 3.59. The van der Waals surface area contributed by atoms with Crippen LogP contribution in [0.3, 0.4) is 0 Å². The molecule has 0 aliphatic heterocycles. The minimum Gasteiger partial charge on any atom is -0.298 e. The average Bonchev–Trinajstić information content (AvgIpc) is 2.42. The summed E-state index contributed by atoms with van der Waals surface area (Å²) in [6, 6.07) is 0. The lowest BCUT2D eigenvalue weighted by atomic mass is 10.1. The highest BCUT2D eigenvalue weighted by atomic mass is 32.1. The Morgan fingerprint density at radius 2 is 1.81 bits per heavy atom. The van der Waals surface area contributed by atoms with Crippen LogP contribution in [0, 0.1) is 0 Å². The van der Waals surface area contributed by atoms with Crippen LogP contribution in [0.15, 0.2) is 9.59 Å². The maximum Gasteiger partial charge on any atom is 0.326 e. The summed E-state index contributed by atoms with van der Waals surface area (Å²) in [4.78, 5) is 30.0. The van der Waals surface area contributed by atoms with Crippen molar-refractivity contribution in [3.05, 3.63) is 31.3 Å². The smallest absolute Gasteiger partial charge is 0.298 e. The topological polar surface area (TPSA) is 65.7 Å². The number of aromatic nitrogens is 2. The number of aryl methyl sites for hydroxylation is 2. The first-order chi connectivity index (χ1) is 7.75. The van der Waals surface area contributed by atoms with Crippen molar-refractivity contribution < 1.29 is 0 Å². The van der Waals surface area contributed by atoms with Crippen LogP contribution in [-0.2, 0) is 12.8 Å². The lowest BCUT2D eigenvalue weighted by molar-refractivity contribution is 0.713. The summed E-state index contributed by atoms with van der Waals surface area (Å²) in [6.07, 6.45) is 5.55. The molecule has 4 nitrogen and oxygen atoms in total. The van der Waals surface area contributed by atoms with E-state index in [2.05, 4.69) is 9.97 Å². The number of rotatable bonds is 0. The first kappa shape index (κ1) is 9.84. The zero-order valence-electron chi connectivity index (χ0n) is 8.76. The summed E-state index contributed by atoms with van der Waals surface area (Å²) >= 11 is 1.57. The van der Waals surface area contributed by atoms with Crippen molar-refractivity contribution in [1.82, 2.24) is 9.97 Å². The largest absolute Gasteiger partial charge is 0.326 e. The Bertz CT molecular complexity index is 650. The zero-order valence-corrected chi connectivity index (χ0v) is 9.58. The van der Waals surface area contributed by atoms with E-state index >= 15 is 0 Å². The van der Waals surface area contributed by atoms with Gasteiger partial charge in [-0.15, -0.1) is 11.3 Å². The van der Waals surface area contributed by atoms with Crippen LogP contribution in [0.1, 0.15) is 29.7 Å². The molecule has 0 amide bonds. The van der Waals surface area contributed by atoms with Crippen LogP contribution in [-0.4, -0.2) is 9.97 Å². The summed E-state index contributed by atoms with van der Waals surface area (Å²) < 4.78 is 0. The maximum atomic E-state index is 11.8. The number of hydrogen-bond donors (Lipinski definition) is 2. The molecule has 0 saturated heterocycles. The van der Waals surface area contributed by atoms with E-state index in [0.29, 0.717) is 5.39 Å². The molecule has 0 aromatic carbocycles. The van der Waals surface area contributed by atoms with E-state index in [0.717, 1.165) is 29.7 Å². The molecule has 84 valence electrons. The van der Waals surface area contributed by atoms with E-state index in [1.807, 2.05) is 0 Å². The predicted molar refractivity (Wildman–Crippen MR) is 64.3 cm³/mol. The molecule has 0 spiro atoms. The molecule has 3 rings (SSSR count). The third-order valence-electron chi connectivity index (χ3n) is 3.10. The van der Waals surface area contributed by atoms with Gasteiger partial charge in [-0.1, -0.05) is 6.42 Å². The van der Waals surface area contributed by atoms with E-state index < -0.39 is 5.69 Å². The number of fused-ring (bicyclic) bond motifs is 3. The molecule has 1 aliphatic rings. The Labute approximate surface area is 95.3 Å². The first-order valence-corrected chi connectivity index (χ1v) is 6.34. The van der Waals surface area contributed by atoms with Crippen LogP contribution < -0.4 is 11.2 Å². The lowest BCUT2D eigenvalue weighted by Gasteiger charge is -1.96. The average molecular weight is 236 g/mol. The van der Waals surface area contributed by atoms with Crippen molar-refractivity contribution in [2.24, 2.45) is 0 Å². The third-order valence-corrected chi connectivity index (χ3v) is 4.31. The van der Waals surface area contributed by atoms with Crippen LogP contribution >= 0.6 is 11.3 Å². The number of hydrogen-bond acceptors (Lipinski definition) is 3. The van der Waals surface area contributed by atoms with Gasteiger partial charge in [0.1, 0.15) is 4.83 Å². The zero-order chi connectivity index (χ0) is 11.1. The van der Waals surface area contributed by atoms with Gasteiger partial charge in [-0.25, -0.2) is 4.79 Å². The summed E-state index contributed by atoms with van der Waals surface area (Å²) in [5.74, 6) is 0. The molecular formula is C11H12N2O2S. The van der Waals surface area contributed by atoms with Gasteiger partial charge in [-0.3, -0.25) is 14.8 Å². The number of H-pyrrole nitrogens is 2. The second-order valence-electron chi connectivity index (χ2n) is 4.18. The highest BCUT2D eigenvalue weighted by Crippen LogP contribution is 2.31. The Balaban J connectivity index is 2.38. The number of aromatic amines is 2. The number of nitrogens with one attached hydrogen (secondary N) is 2. The first-order valence-electron chi connectivity index (χ1n) is 5.52. The van der Waals surface area contributed by atoms with Crippen LogP contribution in [0.2, 0.25) is 0 Å². The van der Waals surface area contributed by atoms with Gasteiger partial charge in [-0.2, -0.15) is 0 Å². The van der Waals surface area contributed by atoms with Gasteiger partial charge in [0.2, 0.25) is 0 Å². The van der Waals surface area contributed by atoms with E-state index in [9.17, 15) is 9.59 Å². The van der Waals surface area contributed by atoms with Crippen molar-refractivity contribution in [2.75, 3.05) is 0 Å². The van der Waals surface area contributed by atoms with Crippen molar-refractivity contribution >= 4 is 21.6 Å². The molecule has 0 bridgehead atoms. The number of thiophene rings is 1. The molecule has 5 heteroatoms. The SMILES string of the molecule is O=c1[nH]c(=O)c2c3c(sc2[nH]1)CCCCC3. The maximum absolute atomic E-state index is 11.8. The predicted octanol–water partition coefficient (Wildman–Crippen LogP) is 1.55. The van der Waals surface area contributed by atoms with E-state index in [1.54, 1.807) is 11.3 Å². The van der Waals surface area contributed by atoms with Crippen LogP contribution in [0.5, 0.6) is 0 Å². The molecule has 0 saturated carbocycles. The molecule has 2 N–H and O–H groups in total. The van der Waals surface area contributed by atoms with Crippen molar-refractivity contribution in [2.45, 2.75) is 32.1 Å². The van der Waals surface area contributed by atoms with Gasteiger partial charge < -0.3 is 0 Å². The molecule has 16 heavy (non-hydrogen) atoms. The molecule has 0 radical (unpaired) electrons. The fourth-order valence-electron chi connectivity index (χ4n) is 2.37. The lowest BCUT2D eigenvalue weighted by Crippen LogP contribution is -2.21. The molecule has 2 aromatic rings. The minimum absolute atomic E-state index is 0.238. The second-order valence-corrected chi connectivity index (χ2v) is 5.28. The summed E-state index contributed by atoms with van der Waals surface area (Å²) in [5.41, 5.74) is 0.516. The van der Waals surface area contributed by atoms with Crippen molar-refractivity contribution in [3.8, 4) is 0 Å². The Kier molecular flexibility index (Phi) is 2.21. The van der Waals surface area contributed by atoms with Gasteiger partial charge >= 0.3 is 5.69 Å². The van der Waals surface area contributed by atoms with Crippen LogP contribution in [0.25, 0.3) is 10.2 Å². The Morgan fingerprint density at radius 3 is 2.69 bits per heavy atom. The normalized spacial score (nSPS) is 16.0. The standard InChI is InChI=1S/C11H12N2O2S/c14-9-8-6-4-2-1-3-5-7(6)16-10(8)13-11(15)12-9/h1-5H2,(H2,12,13,14,15). The van der Waals surface area contributed by atoms with Gasteiger partial charge in [0.25, 0.3) is 5.56 Å². The molecule has 0 fully saturated rings. The van der Waals surface area contributed by atoms with Gasteiger partial charge in [0.15, 0.2) is 0 Å². The minimum atomic E-state index is -0.408. The summed E-state index contributed by atoms with van der Waals surface area (Å²) in [5, 5.41) is 0.710. The molecule has 2 heterocycles. The highest BCUT2D eigenvalue weighted by Gasteiger charge is 2.17. The molecular weight excluding hydrogens is 224 g/mol. The van der Waals surface area contributed by atoms with E-state index in [4.69, 9.17) is 0 Å². The Morgan fingerprint density at radius 1 is 1.00 bits per heavy atom. The molecule has 1 aliphatic carbocycles. The van der Waals surface area contributed by atoms with Crippen molar-refractivity contribution in [3.63, 3.8) is 0 Å². The van der Waals surface area contributed by atoms with Gasteiger partial charge in [0.05, 0.1) is 5.39 Å². The molecule has 0 atom stereocenters. The summed E-state index contributed by atoms with van der Waals surface area (Å²) in [6.45, 7) is 0. The van der Waals surface area contributed by atoms with Crippen molar-refractivity contribution in [1.29, 1.82) is 0 Å². The fraction of sp³-hybridized carbons (Fsp3) is 0.455. The highest BCUT2D eigenvalue weighted by molar-refractivity contribution is 7.18. The third kappa shape index (κ3) is 1.43. The monoisotopic (exact) mass is 236 g/mol. The molecule has 2 aromatic heterocycles. The fourth-order valence-corrected chi connectivity index (χ4v) is 3.65. The quantitative estimate of drug-likeness (QED) is 0.681. The van der Waals surface area contributed by atoms with Crippen LogP contribution in [0.4, 0.5) is 0 Å². The Hall–Kier alpha value is -1.36. The summed E-state index contributed by atoms with van der Waals surface area (Å²) in [7, 11) is 0. The van der Waals surface area contributed by atoms with E-state index in [-0.39, 0.29) is 5.56 Å².